The van der Waals surface area contributed by atoms with Crippen molar-refractivity contribution in [3.05, 3.63) is 94.0 Å². The van der Waals surface area contributed by atoms with Crippen molar-refractivity contribution >= 4 is 11.8 Å². The molecule has 2 atom stereocenters. The molecule has 3 aromatic carbocycles. The third-order valence-corrected chi connectivity index (χ3v) is 7.19. The summed E-state index contributed by atoms with van der Waals surface area (Å²) in [5.74, 6) is 0.652. The Kier molecular flexibility index (Phi) is 7.62. The van der Waals surface area contributed by atoms with Crippen molar-refractivity contribution in [2.75, 3.05) is 20.3 Å². The number of rotatable bonds is 9. The molecule has 1 unspecified atom stereocenters. The van der Waals surface area contributed by atoms with E-state index < -0.39 is 6.10 Å². The predicted octanol–water partition coefficient (Wildman–Crippen LogP) is 3.06. The summed E-state index contributed by atoms with van der Waals surface area (Å²) in [5, 5.41) is 17.0. The van der Waals surface area contributed by atoms with Crippen molar-refractivity contribution < 1.29 is 24.2 Å². The Morgan fingerprint density at radius 3 is 2.74 bits per heavy atom. The summed E-state index contributed by atoms with van der Waals surface area (Å²) >= 11 is 0. The molecule has 8 heteroatoms. The van der Waals surface area contributed by atoms with E-state index in [1.165, 1.54) is 11.1 Å². The Morgan fingerprint density at radius 1 is 1.13 bits per heavy atom. The van der Waals surface area contributed by atoms with Crippen LogP contribution in [0.2, 0.25) is 0 Å². The first-order valence-corrected chi connectivity index (χ1v) is 12.9. The van der Waals surface area contributed by atoms with Crippen LogP contribution in [0.25, 0.3) is 0 Å². The predicted molar refractivity (Wildman–Crippen MR) is 143 cm³/mol. The maximum Gasteiger partial charge on any atom is 0.255 e. The number of benzene rings is 3. The number of carbonyl (C=O) groups excluding carboxylic acids is 2. The molecule has 0 aliphatic carbocycles. The molecule has 8 nitrogen and oxygen atoms in total. The number of ether oxygens (including phenoxy) is 2. The lowest BCUT2D eigenvalue weighted by atomic mass is 9.93. The van der Waals surface area contributed by atoms with Crippen molar-refractivity contribution in [1.29, 1.82) is 0 Å². The van der Waals surface area contributed by atoms with Gasteiger partial charge in [-0.2, -0.15) is 0 Å². The first kappa shape index (κ1) is 25.8. The van der Waals surface area contributed by atoms with Crippen LogP contribution in [-0.4, -0.2) is 54.2 Å². The second kappa shape index (κ2) is 11.2. The van der Waals surface area contributed by atoms with Gasteiger partial charge in [0.2, 0.25) is 0 Å². The van der Waals surface area contributed by atoms with Crippen LogP contribution in [0.3, 0.4) is 0 Å². The molecule has 0 spiro atoms. The molecular formula is C30H33N3O5. The van der Waals surface area contributed by atoms with Crippen molar-refractivity contribution in [2.24, 2.45) is 0 Å². The first-order valence-electron chi connectivity index (χ1n) is 12.9. The summed E-state index contributed by atoms with van der Waals surface area (Å²) in [4.78, 5) is 28.1. The quantitative estimate of drug-likeness (QED) is 0.405. The number of fused-ring (bicyclic) bond motifs is 2. The first-order chi connectivity index (χ1) is 18.5. The number of nitrogens with one attached hydrogen (secondary N) is 2. The van der Waals surface area contributed by atoms with Gasteiger partial charge >= 0.3 is 0 Å². The maximum absolute atomic E-state index is 13.2. The number of hydrogen-bond acceptors (Lipinski definition) is 6. The summed E-state index contributed by atoms with van der Waals surface area (Å²) in [6, 6.07) is 19.0. The third kappa shape index (κ3) is 5.37. The van der Waals surface area contributed by atoms with Gasteiger partial charge in [-0.1, -0.05) is 36.4 Å². The molecule has 0 fully saturated rings. The molecule has 5 rings (SSSR count). The van der Waals surface area contributed by atoms with E-state index in [2.05, 4.69) is 22.8 Å². The molecule has 0 saturated heterocycles. The number of aliphatic hydroxyl groups excluding tert-OH is 1. The van der Waals surface area contributed by atoms with Crippen LogP contribution in [-0.2, 0) is 26.1 Å². The van der Waals surface area contributed by atoms with Crippen LogP contribution < -0.4 is 20.1 Å². The second-order valence-electron chi connectivity index (χ2n) is 9.69. The van der Waals surface area contributed by atoms with Gasteiger partial charge in [-0.15, -0.1) is 0 Å². The Bertz CT molecular complexity index is 1340. The topological polar surface area (TPSA) is 100 Å². The summed E-state index contributed by atoms with van der Waals surface area (Å²) in [5.41, 5.74) is 5.07. The van der Waals surface area contributed by atoms with Crippen molar-refractivity contribution in [1.82, 2.24) is 15.5 Å². The molecule has 38 heavy (non-hydrogen) atoms. The Balaban J connectivity index is 1.27. The molecule has 2 heterocycles. The van der Waals surface area contributed by atoms with Gasteiger partial charge in [0.25, 0.3) is 11.8 Å². The lowest BCUT2D eigenvalue weighted by molar-refractivity contribution is 0.0766. The summed E-state index contributed by atoms with van der Waals surface area (Å²) < 4.78 is 11.1. The van der Waals surface area contributed by atoms with E-state index in [-0.39, 0.29) is 24.4 Å². The maximum atomic E-state index is 13.2. The molecule has 0 bridgehead atoms. The van der Waals surface area contributed by atoms with E-state index in [1.54, 1.807) is 24.1 Å². The number of nitrogens with zero attached hydrogens (tertiary/aromatic N) is 1. The normalized spacial score (nSPS) is 17.0. The lowest BCUT2D eigenvalue weighted by Crippen LogP contribution is -2.49. The molecule has 0 radical (unpaired) electrons. The number of aliphatic hydroxyl groups is 1. The monoisotopic (exact) mass is 515 g/mol. The SMILES string of the molecule is CCOc1cc2c(cc1C(=O)NCC(O)[C@@H]1Cc3ccccc3CN1)CN(Cc1cccc(OC)c1)C2=O. The third-order valence-electron chi connectivity index (χ3n) is 7.19. The molecule has 198 valence electrons. The molecule has 0 saturated carbocycles. The summed E-state index contributed by atoms with van der Waals surface area (Å²) in [6.45, 7) is 3.80. The number of carbonyl (C=O) groups is 2. The Hall–Kier alpha value is -3.88. The fourth-order valence-electron chi connectivity index (χ4n) is 5.16. The highest BCUT2D eigenvalue weighted by atomic mass is 16.5. The average Bonchev–Trinajstić information content (AvgIpc) is 3.24. The van der Waals surface area contributed by atoms with Gasteiger partial charge in [0.05, 0.1) is 25.4 Å². The van der Waals surface area contributed by atoms with Crippen molar-refractivity contribution in [2.45, 2.75) is 45.1 Å². The zero-order chi connectivity index (χ0) is 26.6. The lowest BCUT2D eigenvalue weighted by Gasteiger charge is -2.30. The van der Waals surface area contributed by atoms with Crippen LogP contribution in [0.15, 0.2) is 60.7 Å². The minimum absolute atomic E-state index is 0.0994. The fraction of sp³-hybridized carbons (Fsp3) is 0.333. The van der Waals surface area contributed by atoms with Gasteiger partial charge in [0, 0.05) is 37.8 Å². The molecule has 3 N–H and O–H groups in total. The Morgan fingerprint density at radius 2 is 1.95 bits per heavy atom. The zero-order valence-electron chi connectivity index (χ0n) is 21.7. The van der Waals surface area contributed by atoms with E-state index in [1.807, 2.05) is 43.3 Å². The highest BCUT2D eigenvalue weighted by Crippen LogP contribution is 2.32. The number of amides is 2. The van der Waals surface area contributed by atoms with Crippen LogP contribution in [0.4, 0.5) is 0 Å². The van der Waals surface area contributed by atoms with E-state index in [0.29, 0.717) is 49.5 Å². The summed E-state index contributed by atoms with van der Waals surface area (Å²) in [6.07, 6.45) is -0.0567. The van der Waals surface area contributed by atoms with Gasteiger partial charge in [-0.25, -0.2) is 0 Å². The van der Waals surface area contributed by atoms with Gasteiger partial charge in [-0.3, -0.25) is 9.59 Å². The highest BCUT2D eigenvalue weighted by molar-refractivity contribution is 6.03. The van der Waals surface area contributed by atoms with Crippen LogP contribution in [0.5, 0.6) is 11.5 Å². The largest absolute Gasteiger partial charge is 0.497 e. The average molecular weight is 516 g/mol. The minimum atomic E-state index is -0.753. The van der Waals surface area contributed by atoms with E-state index in [4.69, 9.17) is 9.47 Å². The van der Waals surface area contributed by atoms with E-state index >= 15 is 0 Å². The van der Waals surface area contributed by atoms with E-state index in [0.717, 1.165) is 16.9 Å². The van der Waals surface area contributed by atoms with Crippen LogP contribution >= 0.6 is 0 Å². The minimum Gasteiger partial charge on any atom is -0.497 e. The Labute approximate surface area is 222 Å². The van der Waals surface area contributed by atoms with Gasteiger partial charge in [0.1, 0.15) is 11.5 Å². The number of methoxy groups -OCH3 is 1. The van der Waals surface area contributed by atoms with Crippen LogP contribution in [0, 0.1) is 0 Å². The second-order valence-corrected chi connectivity index (χ2v) is 9.69. The molecule has 2 amide bonds. The van der Waals surface area contributed by atoms with Gasteiger partial charge in [-0.05, 0) is 59.9 Å². The smallest absolute Gasteiger partial charge is 0.255 e. The standard InChI is InChI=1S/C30H33N3O5/c1-3-38-28-14-24-22(18-33(30(24)36)17-19-7-6-10-23(11-19)37-2)12-25(28)29(35)32-16-27(34)26-13-20-8-4-5-9-21(20)15-31-26/h4-12,14,26-27,31,34H,3,13,15-18H2,1-2H3,(H,32,35)/t26-,27?/m0/s1. The van der Waals surface area contributed by atoms with Crippen molar-refractivity contribution in [3.8, 4) is 11.5 Å². The van der Waals surface area contributed by atoms with Gasteiger partial charge in [0.15, 0.2) is 0 Å². The molecule has 2 aliphatic heterocycles. The molecular weight excluding hydrogens is 482 g/mol. The molecule has 0 aromatic heterocycles. The van der Waals surface area contributed by atoms with Gasteiger partial charge < -0.3 is 30.1 Å². The zero-order valence-corrected chi connectivity index (χ0v) is 21.7. The molecule has 2 aliphatic rings. The number of hydrogen-bond donors (Lipinski definition) is 3. The van der Waals surface area contributed by atoms with Crippen molar-refractivity contribution in [3.63, 3.8) is 0 Å². The van der Waals surface area contributed by atoms with E-state index in [9.17, 15) is 14.7 Å². The van der Waals surface area contributed by atoms with Crippen LogP contribution in [0.1, 0.15) is 49.9 Å². The summed E-state index contributed by atoms with van der Waals surface area (Å²) in [7, 11) is 1.61. The fourth-order valence-corrected chi connectivity index (χ4v) is 5.16. The molecule has 3 aromatic rings. The highest BCUT2D eigenvalue weighted by Gasteiger charge is 2.31.